The molecule has 1 aromatic rings. The molecule has 0 bridgehead atoms. The van der Waals surface area contributed by atoms with Crippen molar-refractivity contribution in [3.63, 3.8) is 0 Å². The summed E-state index contributed by atoms with van der Waals surface area (Å²) < 4.78 is 13.1. The van der Waals surface area contributed by atoms with Gasteiger partial charge in [-0.3, -0.25) is 0 Å². The topological polar surface area (TPSA) is 26.0 Å². The van der Waals surface area contributed by atoms with Gasteiger partial charge in [0.25, 0.3) is 0 Å². The van der Waals surface area contributed by atoms with Gasteiger partial charge in [-0.05, 0) is 18.5 Å². The average molecular weight is 153 g/mol. The fourth-order valence-electron chi connectivity index (χ4n) is 0.975. The Morgan fingerprint density at radius 1 is 1.27 bits per heavy atom. The lowest BCUT2D eigenvalue weighted by atomic mass is 10.1. The number of benzene rings is 1. The SMILES string of the molecule is NCCC(F)c1ccccc1. The molecule has 1 nitrogen and oxygen atoms in total. The van der Waals surface area contributed by atoms with Gasteiger partial charge in [0.05, 0.1) is 0 Å². The Morgan fingerprint density at radius 2 is 1.91 bits per heavy atom. The minimum absolute atomic E-state index is 0.399. The van der Waals surface area contributed by atoms with E-state index in [0.29, 0.717) is 13.0 Å². The Kier molecular flexibility index (Phi) is 3.05. The second-order valence-corrected chi connectivity index (χ2v) is 2.46. The minimum Gasteiger partial charge on any atom is -0.330 e. The largest absolute Gasteiger partial charge is 0.330 e. The number of hydrogen-bond acceptors (Lipinski definition) is 1. The van der Waals surface area contributed by atoms with Crippen LogP contribution in [-0.4, -0.2) is 6.54 Å². The normalized spacial score (nSPS) is 12.9. The first-order chi connectivity index (χ1) is 5.34. The molecule has 1 aromatic carbocycles. The van der Waals surface area contributed by atoms with E-state index in [1.54, 1.807) is 12.1 Å². The van der Waals surface area contributed by atoms with E-state index in [-0.39, 0.29) is 0 Å². The Balaban J connectivity index is 2.61. The van der Waals surface area contributed by atoms with Crippen molar-refractivity contribution in [3.05, 3.63) is 35.9 Å². The molecule has 0 aromatic heterocycles. The third kappa shape index (κ3) is 2.31. The highest BCUT2D eigenvalue weighted by molar-refractivity contribution is 5.17. The van der Waals surface area contributed by atoms with Crippen molar-refractivity contribution in [2.75, 3.05) is 6.54 Å². The van der Waals surface area contributed by atoms with Gasteiger partial charge >= 0.3 is 0 Å². The van der Waals surface area contributed by atoms with Crippen molar-refractivity contribution in [1.82, 2.24) is 0 Å². The van der Waals surface area contributed by atoms with Crippen LogP contribution in [0.25, 0.3) is 0 Å². The number of nitrogens with two attached hydrogens (primary N) is 1. The fourth-order valence-corrected chi connectivity index (χ4v) is 0.975. The standard InChI is InChI=1S/C9H12FN/c10-9(6-7-11)8-4-2-1-3-5-8/h1-5,9H,6-7,11H2. The van der Waals surface area contributed by atoms with Crippen molar-refractivity contribution in [2.45, 2.75) is 12.6 Å². The van der Waals surface area contributed by atoms with Gasteiger partial charge in [0, 0.05) is 0 Å². The number of hydrogen-bond donors (Lipinski definition) is 1. The lowest BCUT2D eigenvalue weighted by Crippen LogP contribution is -2.03. The molecule has 1 rings (SSSR count). The summed E-state index contributed by atoms with van der Waals surface area (Å²) in [5.41, 5.74) is 5.95. The molecule has 0 saturated carbocycles. The van der Waals surface area contributed by atoms with Crippen molar-refractivity contribution in [3.8, 4) is 0 Å². The van der Waals surface area contributed by atoms with Crippen molar-refractivity contribution in [2.24, 2.45) is 5.73 Å². The third-order valence-corrected chi connectivity index (χ3v) is 1.58. The van der Waals surface area contributed by atoms with E-state index >= 15 is 0 Å². The molecule has 0 aliphatic heterocycles. The number of alkyl halides is 1. The van der Waals surface area contributed by atoms with Gasteiger partial charge in [0.2, 0.25) is 0 Å². The summed E-state index contributed by atoms with van der Waals surface area (Å²) in [5, 5.41) is 0. The lowest BCUT2D eigenvalue weighted by molar-refractivity contribution is 0.328. The van der Waals surface area contributed by atoms with Gasteiger partial charge < -0.3 is 5.73 Å². The van der Waals surface area contributed by atoms with Gasteiger partial charge in [-0.1, -0.05) is 30.3 Å². The van der Waals surface area contributed by atoms with Crippen LogP contribution in [0.15, 0.2) is 30.3 Å². The van der Waals surface area contributed by atoms with Crippen molar-refractivity contribution >= 4 is 0 Å². The van der Waals surface area contributed by atoms with Crippen molar-refractivity contribution in [1.29, 1.82) is 0 Å². The summed E-state index contributed by atoms with van der Waals surface area (Å²) in [6, 6.07) is 9.09. The fraction of sp³-hybridized carbons (Fsp3) is 0.333. The smallest absolute Gasteiger partial charge is 0.126 e. The molecular formula is C9H12FN. The van der Waals surface area contributed by atoms with Crippen LogP contribution in [0, 0.1) is 0 Å². The Morgan fingerprint density at radius 3 is 2.45 bits per heavy atom. The van der Waals surface area contributed by atoms with Gasteiger partial charge in [-0.2, -0.15) is 0 Å². The van der Waals surface area contributed by atoms with E-state index in [4.69, 9.17) is 5.73 Å². The van der Waals surface area contributed by atoms with Gasteiger partial charge in [0.1, 0.15) is 6.17 Å². The summed E-state index contributed by atoms with van der Waals surface area (Å²) >= 11 is 0. The molecule has 1 atom stereocenters. The van der Waals surface area contributed by atoms with Crippen LogP contribution >= 0.6 is 0 Å². The van der Waals surface area contributed by atoms with Crippen LogP contribution in [-0.2, 0) is 0 Å². The molecule has 0 heterocycles. The first-order valence-electron chi connectivity index (χ1n) is 3.73. The zero-order valence-corrected chi connectivity index (χ0v) is 6.33. The van der Waals surface area contributed by atoms with Crippen LogP contribution in [0.4, 0.5) is 4.39 Å². The minimum atomic E-state index is -0.902. The summed E-state index contributed by atoms with van der Waals surface area (Å²) in [5.74, 6) is 0. The molecule has 0 saturated heterocycles. The van der Waals surface area contributed by atoms with Crippen LogP contribution in [0.2, 0.25) is 0 Å². The van der Waals surface area contributed by atoms with Crippen LogP contribution < -0.4 is 5.73 Å². The maximum Gasteiger partial charge on any atom is 0.126 e. The Bertz CT molecular complexity index is 198. The van der Waals surface area contributed by atoms with Gasteiger partial charge in [-0.15, -0.1) is 0 Å². The van der Waals surface area contributed by atoms with E-state index < -0.39 is 6.17 Å². The number of halogens is 1. The zero-order valence-electron chi connectivity index (χ0n) is 6.33. The van der Waals surface area contributed by atoms with E-state index in [0.717, 1.165) is 5.56 Å². The molecule has 0 amide bonds. The monoisotopic (exact) mass is 153 g/mol. The molecular weight excluding hydrogens is 141 g/mol. The molecule has 2 N–H and O–H groups in total. The highest BCUT2D eigenvalue weighted by Crippen LogP contribution is 2.19. The van der Waals surface area contributed by atoms with Crippen LogP contribution in [0.3, 0.4) is 0 Å². The Hall–Kier alpha value is -0.890. The summed E-state index contributed by atoms with van der Waals surface area (Å²) in [7, 11) is 0. The molecule has 11 heavy (non-hydrogen) atoms. The second-order valence-electron chi connectivity index (χ2n) is 2.46. The third-order valence-electron chi connectivity index (χ3n) is 1.58. The Labute approximate surface area is 66.0 Å². The highest BCUT2D eigenvalue weighted by Gasteiger charge is 2.06. The molecule has 2 heteroatoms. The summed E-state index contributed by atoms with van der Waals surface area (Å²) in [4.78, 5) is 0. The highest BCUT2D eigenvalue weighted by atomic mass is 19.1. The molecule has 0 aliphatic rings. The maximum atomic E-state index is 13.1. The van der Waals surface area contributed by atoms with E-state index in [1.807, 2.05) is 18.2 Å². The maximum absolute atomic E-state index is 13.1. The van der Waals surface area contributed by atoms with Gasteiger partial charge in [0.15, 0.2) is 0 Å². The number of rotatable bonds is 3. The van der Waals surface area contributed by atoms with Crippen LogP contribution in [0.1, 0.15) is 18.2 Å². The van der Waals surface area contributed by atoms with Gasteiger partial charge in [-0.25, -0.2) is 4.39 Å². The molecule has 60 valence electrons. The quantitative estimate of drug-likeness (QED) is 0.706. The lowest BCUT2D eigenvalue weighted by Gasteiger charge is -2.05. The van der Waals surface area contributed by atoms with Crippen LogP contribution in [0.5, 0.6) is 0 Å². The van der Waals surface area contributed by atoms with E-state index in [1.165, 1.54) is 0 Å². The zero-order chi connectivity index (χ0) is 8.10. The summed E-state index contributed by atoms with van der Waals surface area (Å²) in [6.45, 7) is 0.399. The predicted molar refractivity (Wildman–Crippen MR) is 44.0 cm³/mol. The molecule has 0 fully saturated rings. The molecule has 1 unspecified atom stereocenters. The predicted octanol–water partition coefficient (Wildman–Crippen LogP) is 2.05. The molecule has 0 spiro atoms. The van der Waals surface area contributed by atoms with E-state index in [2.05, 4.69) is 0 Å². The first-order valence-corrected chi connectivity index (χ1v) is 3.73. The van der Waals surface area contributed by atoms with Crippen molar-refractivity contribution < 1.29 is 4.39 Å². The van der Waals surface area contributed by atoms with E-state index in [9.17, 15) is 4.39 Å². The molecule has 0 radical (unpaired) electrons. The average Bonchev–Trinajstić information content (AvgIpc) is 2.07. The first kappa shape index (κ1) is 8.21. The second kappa shape index (κ2) is 4.09. The summed E-state index contributed by atoms with van der Waals surface area (Å²) in [6.07, 6.45) is -0.495. The molecule has 0 aliphatic carbocycles.